The lowest BCUT2D eigenvalue weighted by molar-refractivity contribution is -0.119. The van der Waals surface area contributed by atoms with Gasteiger partial charge in [0.05, 0.1) is 31.0 Å². The molecular formula is C23H23N3O5S. The third-order valence-corrected chi connectivity index (χ3v) is 6.28. The number of nitrogens with one attached hydrogen (secondary N) is 1. The van der Waals surface area contributed by atoms with E-state index < -0.39 is 22.5 Å². The molecule has 3 aromatic rings. The first-order valence-electron chi connectivity index (χ1n) is 9.63. The molecule has 0 aliphatic rings. The van der Waals surface area contributed by atoms with Gasteiger partial charge < -0.3 is 9.47 Å². The van der Waals surface area contributed by atoms with Crippen LogP contribution in [0.1, 0.15) is 5.56 Å². The van der Waals surface area contributed by atoms with Crippen molar-refractivity contribution >= 4 is 27.8 Å². The van der Waals surface area contributed by atoms with Crippen molar-refractivity contribution in [2.24, 2.45) is 5.10 Å². The predicted molar refractivity (Wildman–Crippen MR) is 123 cm³/mol. The summed E-state index contributed by atoms with van der Waals surface area (Å²) in [6.45, 7) is -0.451. The van der Waals surface area contributed by atoms with Crippen LogP contribution in [0.15, 0.2) is 88.9 Å². The Kier molecular flexibility index (Phi) is 7.45. The van der Waals surface area contributed by atoms with Gasteiger partial charge in [-0.1, -0.05) is 42.5 Å². The van der Waals surface area contributed by atoms with E-state index in [2.05, 4.69) is 10.5 Å². The Morgan fingerprint density at radius 3 is 2.22 bits per heavy atom. The Labute approximate surface area is 187 Å². The fourth-order valence-corrected chi connectivity index (χ4v) is 4.42. The first-order valence-corrected chi connectivity index (χ1v) is 11.1. The molecule has 0 aliphatic heterocycles. The van der Waals surface area contributed by atoms with Crippen LogP contribution in [0.25, 0.3) is 0 Å². The maximum atomic E-state index is 13.2. The largest absolute Gasteiger partial charge is 0.493 e. The van der Waals surface area contributed by atoms with Crippen molar-refractivity contribution in [3.63, 3.8) is 0 Å². The number of carbonyl (C=O) groups is 1. The number of ether oxygens (including phenoxy) is 2. The highest BCUT2D eigenvalue weighted by molar-refractivity contribution is 7.92. The number of hydrazone groups is 1. The summed E-state index contributed by atoms with van der Waals surface area (Å²) in [6, 6.07) is 21.6. The number of carbonyl (C=O) groups excluding carboxylic acids is 1. The number of anilines is 1. The normalized spacial score (nSPS) is 11.2. The third-order valence-electron chi connectivity index (χ3n) is 4.49. The van der Waals surface area contributed by atoms with Crippen molar-refractivity contribution in [3.8, 4) is 11.5 Å². The average Bonchev–Trinajstić information content (AvgIpc) is 2.83. The molecule has 0 radical (unpaired) electrons. The first kappa shape index (κ1) is 22.8. The van der Waals surface area contributed by atoms with E-state index >= 15 is 0 Å². The molecule has 1 N–H and O–H groups in total. The van der Waals surface area contributed by atoms with Crippen molar-refractivity contribution in [3.05, 3.63) is 84.4 Å². The summed E-state index contributed by atoms with van der Waals surface area (Å²) in [7, 11) is -0.942. The van der Waals surface area contributed by atoms with E-state index in [0.29, 0.717) is 22.7 Å². The molecule has 3 aromatic carbocycles. The minimum Gasteiger partial charge on any atom is -0.493 e. The molecule has 9 heteroatoms. The lowest BCUT2D eigenvalue weighted by atomic mass is 10.2. The van der Waals surface area contributed by atoms with Gasteiger partial charge in [0, 0.05) is 5.56 Å². The molecule has 32 heavy (non-hydrogen) atoms. The monoisotopic (exact) mass is 453 g/mol. The van der Waals surface area contributed by atoms with Crippen LogP contribution in [-0.4, -0.2) is 41.3 Å². The molecule has 0 unspecified atom stereocenters. The molecule has 3 rings (SSSR count). The summed E-state index contributed by atoms with van der Waals surface area (Å²) in [5.41, 5.74) is 3.32. The summed E-state index contributed by atoms with van der Waals surface area (Å²) >= 11 is 0. The van der Waals surface area contributed by atoms with Gasteiger partial charge in [-0.3, -0.25) is 9.10 Å². The molecule has 0 saturated carbocycles. The van der Waals surface area contributed by atoms with Gasteiger partial charge in [0.25, 0.3) is 15.9 Å². The molecule has 0 bridgehead atoms. The second kappa shape index (κ2) is 10.5. The predicted octanol–water partition coefficient (Wildman–Crippen LogP) is 3.05. The second-order valence-electron chi connectivity index (χ2n) is 6.54. The Balaban J connectivity index is 1.81. The fourth-order valence-electron chi connectivity index (χ4n) is 2.98. The molecule has 0 atom stereocenters. The van der Waals surface area contributed by atoms with Crippen LogP contribution < -0.4 is 19.2 Å². The zero-order chi connectivity index (χ0) is 23.0. The summed E-state index contributed by atoms with van der Waals surface area (Å²) in [4.78, 5) is 12.7. The van der Waals surface area contributed by atoms with Gasteiger partial charge in [0.2, 0.25) is 0 Å². The SMILES string of the molecule is COc1cccc(/C=N\NC(=O)CN(c2ccccc2)S(=O)(=O)c2ccccc2)c1OC. The van der Waals surface area contributed by atoms with Crippen molar-refractivity contribution in [2.45, 2.75) is 4.90 Å². The van der Waals surface area contributed by atoms with Gasteiger partial charge in [-0.25, -0.2) is 13.8 Å². The molecule has 8 nitrogen and oxygen atoms in total. The number of methoxy groups -OCH3 is 2. The van der Waals surface area contributed by atoms with Crippen LogP contribution >= 0.6 is 0 Å². The summed E-state index contributed by atoms with van der Waals surface area (Å²) in [5, 5.41) is 3.95. The maximum absolute atomic E-state index is 13.2. The van der Waals surface area contributed by atoms with Crippen LogP contribution in [0.5, 0.6) is 11.5 Å². The number of benzene rings is 3. The quantitative estimate of drug-likeness (QED) is 0.397. The number of rotatable bonds is 9. The van der Waals surface area contributed by atoms with Gasteiger partial charge in [0.1, 0.15) is 6.54 Å². The van der Waals surface area contributed by atoms with Crippen molar-refractivity contribution in [1.29, 1.82) is 0 Å². The van der Waals surface area contributed by atoms with Gasteiger partial charge in [0.15, 0.2) is 11.5 Å². The summed E-state index contributed by atoms with van der Waals surface area (Å²) in [6.07, 6.45) is 1.40. The number of nitrogens with zero attached hydrogens (tertiary/aromatic N) is 2. The van der Waals surface area contributed by atoms with E-state index in [1.807, 2.05) is 0 Å². The highest BCUT2D eigenvalue weighted by Gasteiger charge is 2.26. The van der Waals surface area contributed by atoms with Crippen LogP contribution in [0.3, 0.4) is 0 Å². The van der Waals surface area contributed by atoms with Gasteiger partial charge in [-0.2, -0.15) is 5.10 Å². The number of hydrogen-bond acceptors (Lipinski definition) is 6. The molecule has 0 spiro atoms. The van der Waals surface area contributed by atoms with E-state index in [1.54, 1.807) is 66.7 Å². The lowest BCUT2D eigenvalue weighted by Crippen LogP contribution is -2.39. The third kappa shape index (κ3) is 5.25. The topological polar surface area (TPSA) is 97.3 Å². The highest BCUT2D eigenvalue weighted by Crippen LogP contribution is 2.29. The van der Waals surface area contributed by atoms with Crippen LogP contribution in [0, 0.1) is 0 Å². The minimum atomic E-state index is -3.96. The van der Waals surface area contributed by atoms with Gasteiger partial charge in [-0.05, 0) is 36.4 Å². The molecule has 0 heterocycles. The van der Waals surface area contributed by atoms with E-state index in [-0.39, 0.29) is 4.90 Å². The van der Waals surface area contributed by atoms with Gasteiger partial charge >= 0.3 is 0 Å². The van der Waals surface area contributed by atoms with E-state index in [9.17, 15) is 13.2 Å². The second-order valence-corrected chi connectivity index (χ2v) is 8.40. The van der Waals surface area contributed by atoms with E-state index in [1.165, 1.54) is 32.6 Å². The zero-order valence-electron chi connectivity index (χ0n) is 17.6. The molecule has 0 saturated heterocycles. The van der Waals surface area contributed by atoms with Crippen molar-refractivity contribution in [2.75, 3.05) is 25.1 Å². The average molecular weight is 454 g/mol. The number of hydrogen-bond donors (Lipinski definition) is 1. The summed E-state index contributed by atoms with van der Waals surface area (Å²) < 4.78 is 38.0. The number of amides is 1. The Hall–Kier alpha value is -3.85. The molecule has 0 aromatic heterocycles. The molecule has 1 amide bonds. The number of sulfonamides is 1. The molecule has 0 aliphatic carbocycles. The molecular weight excluding hydrogens is 430 g/mol. The standard InChI is InChI=1S/C23H23N3O5S/c1-30-21-15-9-10-18(23(21)31-2)16-24-25-22(27)17-26(19-11-5-3-6-12-19)32(28,29)20-13-7-4-8-14-20/h3-16H,17H2,1-2H3,(H,25,27)/b24-16-. The fraction of sp³-hybridized carbons (Fsp3) is 0.130. The smallest absolute Gasteiger partial charge is 0.264 e. The minimum absolute atomic E-state index is 0.0845. The van der Waals surface area contributed by atoms with Crippen molar-refractivity contribution in [1.82, 2.24) is 5.43 Å². The zero-order valence-corrected chi connectivity index (χ0v) is 18.5. The lowest BCUT2D eigenvalue weighted by Gasteiger charge is -2.23. The van der Waals surface area contributed by atoms with E-state index in [4.69, 9.17) is 9.47 Å². The first-order chi connectivity index (χ1) is 15.5. The van der Waals surface area contributed by atoms with Crippen LogP contribution in [0.4, 0.5) is 5.69 Å². The Bertz CT molecular complexity index is 1180. The van der Waals surface area contributed by atoms with Crippen molar-refractivity contribution < 1.29 is 22.7 Å². The van der Waals surface area contributed by atoms with Gasteiger partial charge in [-0.15, -0.1) is 0 Å². The number of para-hydroxylation sites is 2. The molecule has 166 valence electrons. The van der Waals surface area contributed by atoms with Crippen LogP contribution in [0.2, 0.25) is 0 Å². The Morgan fingerprint density at radius 1 is 0.938 bits per heavy atom. The summed E-state index contributed by atoms with van der Waals surface area (Å²) in [5.74, 6) is 0.379. The Morgan fingerprint density at radius 2 is 1.59 bits per heavy atom. The van der Waals surface area contributed by atoms with E-state index in [0.717, 1.165) is 4.31 Å². The van der Waals surface area contributed by atoms with Crippen LogP contribution in [-0.2, 0) is 14.8 Å². The molecule has 0 fully saturated rings. The maximum Gasteiger partial charge on any atom is 0.264 e. The highest BCUT2D eigenvalue weighted by atomic mass is 32.2.